The maximum Gasteiger partial charge on any atom is 0.410 e. The van der Waals surface area contributed by atoms with Crippen molar-refractivity contribution in [2.75, 3.05) is 13.1 Å². The van der Waals surface area contributed by atoms with Gasteiger partial charge in [-0.3, -0.25) is 0 Å². The van der Waals surface area contributed by atoms with Crippen LogP contribution in [0.3, 0.4) is 0 Å². The summed E-state index contributed by atoms with van der Waals surface area (Å²) in [5.74, 6) is 0. The van der Waals surface area contributed by atoms with E-state index in [-0.39, 0.29) is 18.7 Å². The number of likely N-dealkylation sites (tertiary alicyclic amines) is 1. The lowest BCUT2D eigenvalue weighted by Gasteiger charge is -2.37. The van der Waals surface area contributed by atoms with Crippen LogP contribution in [0.2, 0.25) is 0 Å². The summed E-state index contributed by atoms with van der Waals surface area (Å²) in [6, 6.07) is -0.121. The number of hydrogen-bond donors (Lipinski definition) is 3. The zero-order valence-corrected chi connectivity index (χ0v) is 14.0. The van der Waals surface area contributed by atoms with Crippen molar-refractivity contribution in [3.8, 4) is 0 Å². The van der Waals surface area contributed by atoms with E-state index in [1.807, 2.05) is 27.7 Å². The first-order valence-corrected chi connectivity index (χ1v) is 7.44. The van der Waals surface area contributed by atoms with Crippen molar-refractivity contribution in [2.24, 2.45) is 5.73 Å². The molecule has 0 aliphatic carbocycles. The monoisotopic (exact) mass is 349 g/mol. The molecule has 116 valence electrons. The van der Waals surface area contributed by atoms with Gasteiger partial charge in [-0.25, -0.2) is 4.79 Å². The number of halogens is 1. The Morgan fingerprint density at radius 2 is 2.10 bits per heavy atom. The summed E-state index contributed by atoms with van der Waals surface area (Å²) in [5.41, 5.74) is 5.86. The molecule has 0 aromatic heterocycles. The molecule has 1 aliphatic heterocycles. The largest absolute Gasteiger partial charge is 0.444 e. The molecule has 1 fully saturated rings. The lowest BCUT2D eigenvalue weighted by atomic mass is 10.0. The first kappa shape index (κ1) is 17.1. The number of aliphatic hydroxyl groups is 1. The molecule has 20 heavy (non-hydrogen) atoms. The quantitative estimate of drug-likeness (QED) is 0.657. The van der Waals surface area contributed by atoms with Crippen LogP contribution in [0.5, 0.6) is 0 Å². The molecule has 0 saturated carbocycles. The normalized spacial score (nSPS) is 25.0. The molecule has 0 aromatic carbocycles. The van der Waals surface area contributed by atoms with E-state index in [0.29, 0.717) is 17.6 Å². The molecular formula is C13H24BrN3O3. The third-order valence-electron chi connectivity index (χ3n) is 2.99. The zero-order valence-electron chi connectivity index (χ0n) is 12.4. The number of allylic oxidation sites excluding steroid dienone is 1. The van der Waals surface area contributed by atoms with E-state index in [2.05, 4.69) is 21.2 Å². The van der Waals surface area contributed by atoms with Crippen molar-refractivity contribution in [3.05, 3.63) is 10.3 Å². The van der Waals surface area contributed by atoms with Gasteiger partial charge in [-0.15, -0.1) is 0 Å². The van der Waals surface area contributed by atoms with E-state index in [1.165, 1.54) is 4.90 Å². The van der Waals surface area contributed by atoms with Gasteiger partial charge < -0.3 is 25.8 Å². The number of aliphatic hydroxyl groups excluding tert-OH is 1. The molecule has 4 N–H and O–H groups in total. The van der Waals surface area contributed by atoms with Gasteiger partial charge in [0.25, 0.3) is 0 Å². The Labute approximate surface area is 128 Å². The second-order valence-corrected chi connectivity index (χ2v) is 6.86. The van der Waals surface area contributed by atoms with Gasteiger partial charge in [0.15, 0.2) is 0 Å². The summed E-state index contributed by atoms with van der Waals surface area (Å²) < 4.78 is 5.81. The average Bonchev–Trinajstić information content (AvgIpc) is 2.29. The summed E-state index contributed by atoms with van der Waals surface area (Å²) in [6.07, 6.45) is -0.404. The molecule has 0 radical (unpaired) electrons. The number of carbonyl (C=O) groups excluding carboxylic acids is 1. The van der Waals surface area contributed by atoms with Gasteiger partial charge in [-0.1, -0.05) is 0 Å². The summed E-state index contributed by atoms with van der Waals surface area (Å²) in [7, 11) is 0. The predicted molar refractivity (Wildman–Crippen MR) is 81.2 cm³/mol. The van der Waals surface area contributed by atoms with Gasteiger partial charge in [0.05, 0.1) is 23.3 Å². The van der Waals surface area contributed by atoms with Crippen molar-refractivity contribution in [1.82, 2.24) is 10.2 Å². The van der Waals surface area contributed by atoms with E-state index in [9.17, 15) is 9.90 Å². The highest BCUT2D eigenvalue weighted by atomic mass is 79.9. The number of rotatable bonds is 2. The number of amides is 1. The smallest absolute Gasteiger partial charge is 0.410 e. The Balaban J connectivity index is 2.55. The summed E-state index contributed by atoms with van der Waals surface area (Å²) in [6.45, 7) is 8.09. The molecule has 2 atom stereocenters. The minimum atomic E-state index is -0.655. The first-order chi connectivity index (χ1) is 9.10. The van der Waals surface area contributed by atoms with Crippen LogP contribution < -0.4 is 11.1 Å². The highest BCUT2D eigenvalue weighted by Gasteiger charge is 2.32. The second kappa shape index (κ2) is 6.67. The topological polar surface area (TPSA) is 87.8 Å². The summed E-state index contributed by atoms with van der Waals surface area (Å²) >= 11 is 3.18. The number of β-amino-alcohol motifs (C(OH)–C–C–N with tert-alkyl or cyclic N) is 1. The standard InChI is InChI=1S/C13H24BrN3O3/c1-8(11(14)15)16-9-5-6-17(7-10(9)18)12(19)20-13(2,3)4/h9-10,16,18H,5-7,15H2,1-4H3/b11-8-. The Bertz CT molecular complexity index is 389. The Morgan fingerprint density at radius 3 is 2.55 bits per heavy atom. The minimum absolute atomic E-state index is 0.121. The lowest BCUT2D eigenvalue weighted by Crippen LogP contribution is -2.54. The molecule has 1 saturated heterocycles. The molecule has 1 aliphatic rings. The molecule has 2 unspecified atom stereocenters. The van der Waals surface area contributed by atoms with E-state index in [0.717, 1.165) is 5.70 Å². The number of nitrogens with one attached hydrogen (secondary N) is 1. The van der Waals surface area contributed by atoms with Crippen molar-refractivity contribution in [2.45, 2.75) is 51.9 Å². The molecule has 1 heterocycles. The number of hydrogen-bond acceptors (Lipinski definition) is 5. The fourth-order valence-electron chi connectivity index (χ4n) is 1.94. The van der Waals surface area contributed by atoms with Gasteiger partial charge in [0.1, 0.15) is 5.60 Å². The highest BCUT2D eigenvalue weighted by Crippen LogP contribution is 2.17. The molecule has 1 amide bonds. The fraction of sp³-hybridized carbons (Fsp3) is 0.769. The fourth-order valence-corrected chi connectivity index (χ4v) is 2.05. The number of ether oxygens (including phenoxy) is 1. The predicted octanol–water partition coefficient (Wildman–Crippen LogP) is 1.49. The van der Waals surface area contributed by atoms with Gasteiger partial charge in [0.2, 0.25) is 0 Å². The van der Waals surface area contributed by atoms with Gasteiger partial charge >= 0.3 is 6.09 Å². The van der Waals surface area contributed by atoms with Crippen LogP contribution in [0, 0.1) is 0 Å². The number of nitrogens with zero attached hydrogens (tertiary/aromatic N) is 1. The summed E-state index contributed by atoms with van der Waals surface area (Å²) in [5, 5.41) is 13.3. The SMILES string of the molecule is C/C(NC1CCN(C(=O)OC(C)(C)C)CC1O)=C(/N)Br. The van der Waals surface area contributed by atoms with Crippen molar-refractivity contribution in [3.63, 3.8) is 0 Å². The average molecular weight is 350 g/mol. The van der Waals surface area contributed by atoms with Crippen LogP contribution in [0.1, 0.15) is 34.1 Å². The summed E-state index contributed by atoms with van der Waals surface area (Å²) in [4.78, 5) is 13.5. The molecule has 0 spiro atoms. The number of nitrogens with two attached hydrogens (primary N) is 1. The van der Waals surface area contributed by atoms with E-state index >= 15 is 0 Å². The van der Waals surface area contributed by atoms with Crippen LogP contribution in [0.15, 0.2) is 10.3 Å². The maximum atomic E-state index is 11.9. The zero-order chi connectivity index (χ0) is 15.5. The van der Waals surface area contributed by atoms with Crippen molar-refractivity contribution >= 4 is 22.0 Å². The van der Waals surface area contributed by atoms with E-state index in [4.69, 9.17) is 10.5 Å². The lowest BCUT2D eigenvalue weighted by molar-refractivity contribution is -0.00358. The van der Waals surface area contributed by atoms with Crippen LogP contribution >= 0.6 is 15.9 Å². The van der Waals surface area contributed by atoms with Crippen molar-refractivity contribution < 1.29 is 14.6 Å². The minimum Gasteiger partial charge on any atom is -0.444 e. The maximum absolute atomic E-state index is 11.9. The highest BCUT2D eigenvalue weighted by molar-refractivity contribution is 9.11. The van der Waals surface area contributed by atoms with Crippen LogP contribution in [0.4, 0.5) is 4.79 Å². The molecule has 6 nitrogen and oxygen atoms in total. The first-order valence-electron chi connectivity index (χ1n) is 6.64. The third kappa shape index (κ3) is 5.20. The Kier molecular flexibility index (Phi) is 5.70. The van der Waals surface area contributed by atoms with Gasteiger partial charge in [0, 0.05) is 12.2 Å². The Hall–Kier alpha value is -0.950. The second-order valence-electron chi connectivity index (χ2n) is 6.01. The molecule has 1 rings (SSSR count). The Morgan fingerprint density at radius 1 is 1.50 bits per heavy atom. The number of piperidine rings is 1. The molecule has 0 bridgehead atoms. The van der Waals surface area contributed by atoms with Crippen molar-refractivity contribution in [1.29, 1.82) is 0 Å². The molecule has 0 aromatic rings. The van der Waals surface area contributed by atoms with Crippen LogP contribution in [-0.2, 0) is 4.74 Å². The van der Waals surface area contributed by atoms with Gasteiger partial charge in [-0.2, -0.15) is 0 Å². The van der Waals surface area contributed by atoms with Gasteiger partial charge in [-0.05, 0) is 50.0 Å². The van der Waals surface area contributed by atoms with E-state index < -0.39 is 11.7 Å². The molecular weight excluding hydrogens is 326 g/mol. The van der Waals surface area contributed by atoms with Crippen LogP contribution in [0.25, 0.3) is 0 Å². The van der Waals surface area contributed by atoms with Crippen LogP contribution in [-0.4, -0.2) is 46.9 Å². The number of carbonyl (C=O) groups is 1. The molecule has 7 heteroatoms. The van der Waals surface area contributed by atoms with E-state index in [1.54, 1.807) is 0 Å². The third-order valence-corrected chi connectivity index (χ3v) is 3.59.